The summed E-state index contributed by atoms with van der Waals surface area (Å²) < 4.78 is 33.2. The normalized spacial score (nSPS) is 14.5. The van der Waals surface area contributed by atoms with Gasteiger partial charge < -0.3 is 24.2 Å². The van der Waals surface area contributed by atoms with E-state index in [0.717, 1.165) is 11.1 Å². The van der Waals surface area contributed by atoms with E-state index in [0.29, 0.717) is 47.0 Å². The van der Waals surface area contributed by atoms with Crippen LogP contribution in [0.3, 0.4) is 0 Å². The fourth-order valence-corrected chi connectivity index (χ4v) is 5.60. The van der Waals surface area contributed by atoms with Gasteiger partial charge in [-0.05, 0) is 62.9 Å². The van der Waals surface area contributed by atoms with Gasteiger partial charge >= 0.3 is 6.09 Å². The lowest BCUT2D eigenvalue weighted by molar-refractivity contribution is -0.0373. The van der Waals surface area contributed by atoms with Crippen molar-refractivity contribution >= 4 is 17.0 Å². The minimum atomic E-state index is -1.45. The molecule has 0 bridgehead atoms. The molecule has 0 atom stereocenters. The van der Waals surface area contributed by atoms with Crippen LogP contribution in [-0.4, -0.2) is 44.8 Å². The summed E-state index contributed by atoms with van der Waals surface area (Å²) in [5, 5.41) is 12.3. The Morgan fingerprint density at radius 3 is 2.17 bits per heavy atom. The van der Waals surface area contributed by atoms with Crippen molar-refractivity contribution in [2.75, 3.05) is 13.1 Å². The molecule has 6 rings (SSSR count). The number of fused-ring (bicyclic) bond motifs is 1. The summed E-state index contributed by atoms with van der Waals surface area (Å²) >= 11 is 0. The van der Waals surface area contributed by atoms with E-state index in [4.69, 9.17) is 19.2 Å². The first kappa shape index (κ1) is 31.9. The molecule has 3 heterocycles. The number of amides is 1. The number of hydrogen-bond acceptors (Lipinski definition) is 7. The minimum Gasteiger partial charge on any atom is -0.473 e. The van der Waals surface area contributed by atoms with Gasteiger partial charge in [0, 0.05) is 53.5 Å². The topological polar surface area (TPSA) is 94.0 Å². The molecule has 5 aromatic rings. The van der Waals surface area contributed by atoms with E-state index >= 15 is 4.39 Å². The van der Waals surface area contributed by atoms with Crippen LogP contribution >= 0.6 is 0 Å². The predicted octanol–water partition coefficient (Wildman–Crippen LogP) is 7.81. The summed E-state index contributed by atoms with van der Waals surface area (Å²) in [6, 6.07) is 28.2. The molecule has 0 radical (unpaired) electrons. The van der Waals surface area contributed by atoms with E-state index in [2.05, 4.69) is 4.98 Å². The van der Waals surface area contributed by atoms with E-state index in [1.54, 1.807) is 44.0 Å². The van der Waals surface area contributed by atoms with Crippen LogP contribution in [0.2, 0.25) is 0 Å². The highest BCUT2D eigenvalue weighted by atomic mass is 19.1. The lowest BCUT2D eigenvalue weighted by Crippen LogP contribution is -2.47. The summed E-state index contributed by atoms with van der Waals surface area (Å²) in [4.78, 5) is 23.4. The van der Waals surface area contributed by atoms with Crippen molar-refractivity contribution in [3.63, 3.8) is 0 Å². The number of piperidine rings is 1. The lowest BCUT2D eigenvalue weighted by atomic mass is 9.83. The van der Waals surface area contributed by atoms with Crippen LogP contribution in [-0.2, 0) is 23.6 Å². The SMILES string of the molecule is CC(C)(C)OC(=O)N1CCC(O)(c2cc3cc(-c4ccc(OCc5ccccc5)nc4OCc4ccccc4)cnc3cc2F)CC1. The molecule has 8 nitrogen and oxygen atoms in total. The molecule has 47 heavy (non-hydrogen) atoms. The van der Waals surface area contributed by atoms with Gasteiger partial charge in [-0.3, -0.25) is 4.98 Å². The number of likely N-dealkylation sites (tertiary alicyclic amines) is 1. The number of carbonyl (C=O) groups is 1. The quantitative estimate of drug-likeness (QED) is 0.186. The van der Waals surface area contributed by atoms with Gasteiger partial charge in [-0.1, -0.05) is 60.7 Å². The summed E-state index contributed by atoms with van der Waals surface area (Å²) in [6.45, 7) is 6.56. The fraction of sp³-hybridized carbons (Fsp3) is 0.289. The molecule has 2 aromatic heterocycles. The molecule has 0 aliphatic carbocycles. The maximum absolute atomic E-state index is 15.5. The number of halogens is 1. The van der Waals surface area contributed by atoms with Gasteiger partial charge in [0.05, 0.1) is 11.1 Å². The van der Waals surface area contributed by atoms with Crippen molar-refractivity contribution in [1.82, 2.24) is 14.9 Å². The Bertz CT molecular complexity index is 1850. The molecule has 242 valence electrons. The maximum atomic E-state index is 15.5. The Balaban J connectivity index is 1.28. The fourth-order valence-electron chi connectivity index (χ4n) is 5.60. The second kappa shape index (κ2) is 13.4. The number of ether oxygens (including phenoxy) is 3. The van der Waals surface area contributed by atoms with Gasteiger partial charge in [0.2, 0.25) is 11.8 Å². The Morgan fingerprint density at radius 2 is 1.53 bits per heavy atom. The summed E-state index contributed by atoms with van der Waals surface area (Å²) in [6.07, 6.45) is 1.57. The first-order valence-electron chi connectivity index (χ1n) is 15.7. The number of carbonyl (C=O) groups excluding carboxylic acids is 1. The molecule has 1 saturated heterocycles. The zero-order valence-electron chi connectivity index (χ0n) is 26.8. The molecule has 1 fully saturated rings. The molecule has 1 amide bonds. The van der Waals surface area contributed by atoms with Crippen molar-refractivity contribution in [2.45, 2.75) is 58.0 Å². The molecule has 3 aromatic carbocycles. The summed E-state index contributed by atoms with van der Waals surface area (Å²) in [5.41, 5.74) is 1.96. The van der Waals surface area contributed by atoms with Crippen LogP contribution in [0.25, 0.3) is 22.0 Å². The zero-order chi connectivity index (χ0) is 33.0. The van der Waals surface area contributed by atoms with Crippen molar-refractivity contribution in [3.8, 4) is 22.9 Å². The largest absolute Gasteiger partial charge is 0.473 e. The summed E-state index contributed by atoms with van der Waals surface area (Å²) in [7, 11) is 0. The average molecular weight is 636 g/mol. The van der Waals surface area contributed by atoms with E-state index in [9.17, 15) is 9.90 Å². The van der Waals surface area contributed by atoms with E-state index < -0.39 is 23.1 Å². The van der Waals surface area contributed by atoms with Crippen LogP contribution in [0, 0.1) is 5.82 Å². The third-order valence-corrected chi connectivity index (χ3v) is 8.11. The Morgan fingerprint density at radius 1 is 0.894 bits per heavy atom. The second-order valence-corrected chi connectivity index (χ2v) is 12.8. The third kappa shape index (κ3) is 7.69. The highest BCUT2D eigenvalue weighted by molar-refractivity contribution is 5.85. The van der Waals surface area contributed by atoms with Crippen LogP contribution in [0.1, 0.15) is 50.3 Å². The average Bonchev–Trinajstić information content (AvgIpc) is 3.06. The van der Waals surface area contributed by atoms with Crippen LogP contribution in [0.5, 0.6) is 11.8 Å². The van der Waals surface area contributed by atoms with Crippen LogP contribution in [0.4, 0.5) is 9.18 Å². The number of benzene rings is 3. The number of rotatable bonds is 8. The van der Waals surface area contributed by atoms with Crippen molar-refractivity contribution in [3.05, 3.63) is 120 Å². The van der Waals surface area contributed by atoms with Crippen LogP contribution in [0.15, 0.2) is 97.2 Å². The molecule has 0 spiro atoms. The standard InChI is InChI=1S/C38H38FN3O5/c1-37(2,3)47-36(43)42-18-16-38(44,17-19-42)31-21-28-20-29(23-40-33(28)22-32(31)39)30-14-15-34(45-24-26-10-6-4-7-11-26)41-35(30)46-25-27-12-8-5-9-13-27/h4-15,20-23,44H,16-19,24-25H2,1-3H3. The van der Waals surface area contributed by atoms with Gasteiger partial charge in [-0.2, -0.15) is 4.98 Å². The summed E-state index contributed by atoms with van der Waals surface area (Å²) in [5.74, 6) is 0.245. The monoisotopic (exact) mass is 635 g/mol. The van der Waals surface area contributed by atoms with Gasteiger partial charge in [-0.15, -0.1) is 0 Å². The number of hydrogen-bond donors (Lipinski definition) is 1. The van der Waals surface area contributed by atoms with Crippen molar-refractivity contribution in [1.29, 1.82) is 0 Å². The smallest absolute Gasteiger partial charge is 0.410 e. The number of pyridine rings is 2. The van der Waals surface area contributed by atoms with Gasteiger partial charge in [-0.25, -0.2) is 9.18 Å². The number of aliphatic hydroxyl groups is 1. The molecule has 0 unspecified atom stereocenters. The van der Waals surface area contributed by atoms with Gasteiger partial charge in [0.1, 0.15) is 24.6 Å². The Labute approximate surface area is 273 Å². The third-order valence-electron chi connectivity index (χ3n) is 8.11. The van der Waals surface area contributed by atoms with E-state index in [-0.39, 0.29) is 31.5 Å². The van der Waals surface area contributed by atoms with Gasteiger partial charge in [0.25, 0.3) is 0 Å². The Hall–Kier alpha value is -5.02. The molecule has 9 heteroatoms. The van der Waals surface area contributed by atoms with Crippen molar-refractivity contribution < 1.29 is 28.5 Å². The first-order valence-corrected chi connectivity index (χ1v) is 15.7. The van der Waals surface area contributed by atoms with Crippen molar-refractivity contribution in [2.24, 2.45) is 0 Å². The molecule has 0 saturated carbocycles. The number of aromatic nitrogens is 2. The highest BCUT2D eigenvalue weighted by Gasteiger charge is 2.38. The molecular formula is C38H38FN3O5. The minimum absolute atomic E-state index is 0.174. The van der Waals surface area contributed by atoms with E-state index in [1.165, 1.54) is 6.07 Å². The molecule has 1 N–H and O–H groups in total. The number of nitrogens with zero attached hydrogens (tertiary/aromatic N) is 3. The van der Waals surface area contributed by atoms with Crippen LogP contribution < -0.4 is 9.47 Å². The molecule has 1 aliphatic heterocycles. The highest BCUT2D eigenvalue weighted by Crippen LogP contribution is 2.38. The lowest BCUT2D eigenvalue weighted by Gasteiger charge is -2.39. The molecular weight excluding hydrogens is 597 g/mol. The van der Waals surface area contributed by atoms with Gasteiger partial charge in [0.15, 0.2) is 0 Å². The predicted molar refractivity (Wildman–Crippen MR) is 177 cm³/mol. The first-order chi connectivity index (χ1) is 22.6. The second-order valence-electron chi connectivity index (χ2n) is 12.8. The zero-order valence-corrected chi connectivity index (χ0v) is 26.8. The maximum Gasteiger partial charge on any atom is 0.410 e. The Kier molecular flexibility index (Phi) is 9.09. The molecule has 1 aliphatic rings. The van der Waals surface area contributed by atoms with E-state index in [1.807, 2.05) is 72.8 Å².